The summed E-state index contributed by atoms with van der Waals surface area (Å²) in [5, 5.41) is 0. The summed E-state index contributed by atoms with van der Waals surface area (Å²) in [6.07, 6.45) is 4.63. The molecule has 0 heterocycles. The van der Waals surface area contributed by atoms with E-state index in [-0.39, 0.29) is 17.9 Å². The van der Waals surface area contributed by atoms with E-state index >= 15 is 0 Å². The van der Waals surface area contributed by atoms with Gasteiger partial charge in [-0.25, -0.2) is 0 Å². The van der Waals surface area contributed by atoms with E-state index in [9.17, 15) is 9.59 Å². The quantitative estimate of drug-likeness (QED) is 0.523. The lowest BCUT2D eigenvalue weighted by Gasteiger charge is -2.26. The number of hydrogen-bond acceptors (Lipinski definition) is 5. The second-order valence-corrected chi connectivity index (χ2v) is 5.02. The van der Waals surface area contributed by atoms with Gasteiger partial charge in [0.05, 0.1) is 19.6 Å². The predicted octanol–water partition coefficient (Wildman–Crippen LogP) is 1.94. The van der Waals surface area contributed by atoms with Gasteiger partial charge < -0.3 is 14.2 Å². The average molecular weight is 272 g/mol. The van der Waals surface area contributed by atoms with Crippen molar-refractivity contribution in [2.45, 2.75) is 38.5 Å². The molecule has 1 rings (SSSR count). The first-order chi connectivity index (χ1) is 9.17. The van der Waals surface area contributed by atoms with Crippen LogP contribution in [0.15, 0.2) is 0 Å². The third-order valence-corrected chi connectivity index (χ3v) is 3.58. The van der Waals surface area contributed by atoms with E-state index in [1.807, 2.05) is 0 Å². The molecule has 0 bridgehead atoms. The summed E-state index contributed by atoms with van der Waals surface area (Å²) in [5.41, 5.74) is 0. The number of carbonyl (C=O) groups excluding carboxylic acids is 2. The summed E-state index contributed by atoms with van der Waals surface area (Å²) < 4.78 is 14.8. The fourth-order valence-electron chi connectivity index (χ4n) is 2.41. The van der Waals surface area contributed by atoms with Gasteiger partial charge in [-0.05, 0) is 38.0 Å². The molecule has 0 amide bonds. The molecule has 0 spiro atoms. The molecular weight excluding hydrogens is 248 g/mol. The SMILES string of the molecule is COCC1CCC(C(=O)OCCCC(=O)OC)CC1. The van der Waals surface area contributed by atoms with Crippen LogP contribution in [-0.4, -0.2) is 39.4 Å². The number of methoxy groups -OCH3 is 2. The lowest BCUT2D eigenvalue weighted by molar-refractivity contribution is -0.151. The van der Waals surface area contributed by atoms with E-state index in [0.29, 0.717) is 25.4 Å². The Hall–Kier alpha value is -1.10. The molecule has 1 aliphatic rings. The van der Waals surface area contributed by atoms with E-state index in [0.717, 1.165) is 32.3 Å². The van der Waals surface area contributed by atoms with Gasteiger partial charge in [0.15, 0.2) is 0 Å². The average Bonchev–Trinajstić information content (AvgIpc) is 2.44. The van der Waals surface area contributed by atoms with Crippen LogP contribution in [-0.2, 0) is 23.8 Å². The van der Waals surface area contributed by atoms with E-state index < -0.39 is 0 Å². The molecule has 0 atom stereocenters. The van der Waals surface area contributed by atoms with Crippen molar-refractivity contribution in [1.29, 1.82) is 0 Å². The van der Waals surface area contributed by atoms with E-state index in [4.69, 9.17) is 9.47 Å². The number of hydrogen-bond donors (Lipinski definition) is 0. The molecular formula is C14H24O5. The lowest BCUT2D eigenvalue weighted by Crippen LogP contribution is -2.25. The molecule has 0 N–H and O–H groups in total. The first-order valence-corrected chi connectivity index (χ1v) is 6.89. The third-order valence-electron chi connectivity index (χ3n) is 3.58. The van der Waals surface area contributed by atoms with Crippen LogP contribution in [0.4, 0.5) is 0 Å². The largest absolute Gasteiger partial charge is 0.469 e. The molecule has 19 heavy (non-hydrogen) atoms. The number of rotatable bonds is 7. The van der Waals surface area contributed by atoms with Crippen LogP contribution in [0.25, 0.3) is 0 Å². The molecule has 5 heteroatoms. The first-order valence-electron chi connectivity index (χ1n) is 6.89. The van der Waals surface area contributed by atoms with Crippen LogP contribution in [0, 0.1) is 11.8 Å². The van der Waals surface area contributed by atoms with Crippen LogP contribution in [0.2, 0.25) is 0 Å². The molecule has 1 aliphatic carbocycles. The second-order valence-electron chi connectivity index (χ2n) is 5.02. The smallest absolute Gasteiger partial charge is 0.308 e. The highest BCUT2D eigenvalue weighted by atomic mass is 16.5. The number of esters is 2. The highest BCUT2D eigenvalue weighted by molar-refractivity contribution is 5.72. The molecule has 0 radical (unpaired) electrons. The Morgan fingerprint density at radius 1 is 1.11 bits per heavy atom. The van der Waals surface area contributed by atoms with Crippen molar-refractivity contribution in [1.82, 2.24) is 0 Å². The van der Waals surface area contributed by atoms with E-state index in [2.05, 4.69) is 4.74 Å². The number of carbonyl (C=O) groups is 2. The minimum atomic E-state index is -0.267. The van der Waals surface area contributed by atoms with Gasteiger partial charge in [0.1, 0.15) is 0 Å². The van der Waals surface area contributed by atoms with Crippen molar-refractivity contribution in [3.8, 4) is 0 Å². The van der Waals surface area contributed by atoms with Gasteiger partial charge in [0, 0.05) is 20.1 Å². The fourth-order valence-corrected chi connectivity index (χ4v) is 2.41. The third kappa shape index (κ3) is 6.05. The maximum absolute atomic E-state index is 11.8. The van der Waals surface area contributed by atoms with E-state index in [1.165, 1.54) is 7.11 Å². The zero-order chi connectivity index (χ0) is 14.1. The van der Waals surface area contributed by atoms with Crippen LogP contribution in [0.5, 0.6) is 0 Å². The Kier molecular flexibility index (Phi) is 7.48. The van der Waals surface area contributed by atoms with Crippen molar-refractivity contribution < 1.29 is 23.8 Å². The first kappa shape index (κ1) is 16.0. The van der Waals surface area contributed by atoms with Gasteiger partial charge in [0.25, 0.3) is 0 Å². The maximum Gasteiger partial charge on any atom is 0.308 e. The zero-order valence-corrected chi connectivity index (χ0v) is 11.9. The van der Waals surface area contributed by atoms with Crippen LogP contribution < -0.4 is 0 Å². The fraction of sp³-hybridized carbons (Fsp3) is 0.857. The highest BCUT2D eigenvalue weighted by Gasteiger charge is 2.27. The molecule has 1 saturated carbocycles. The van der Waals surface area contributed by atoms with Gasteiger partial charge >= 0.3 is 11.9 Å². The molecule has 0 aromatic rings. The normalized spacial score (nSPS) is 22.8. The summed E-state index contributed by atoms with van der Waals surface area (Å²) in [6, 6.07) is 0. The molecule has 0 aliphatic heterocycles. The summed E-state index contributed by atoms with van der Waals surface area (Å²) in [6.45, 7) is 1.08. The molecule has 0 unspecified atom stereocenters. The van der Waals surface area contributed by atoms with Crippen LogP contribution in [0.3, 0.4) is 0 Å². The van der Waals surface area contributed by atoms with E-state index in [1.54, 1.807) is 7.11 Å². The standard InChI is InChI=1S/C14H24O5/c1-17-10-11-5-7-12(8-6-11)14(16)19-9-3-4-13(15)18-2/h11-12H,3-10H2,1-2H3. The molecule has 1 fully saturated rings. The summed E-state index contributed by atoms with van der Waals surface area (Å²) in [4.78, 5) is 22.7. The Labute approximate surface area is 114 Å². The highest BCUT2D eigenvalue weighted by Crippen LogP contribution is 2.29. The molecule has 0 aromatic carbocycles. The minimum Gasteiger partial charge on any atom is -0.469 e. The second kappa shape index (κ2) is 8.91. The summed E-state index contributed by atoms with van der Waals surface area (Å²) >= 11 is 0. The van der Waals surface area contributed by atoms with Gasteiger partial charge in [-0.3, -0.25) is 9.59 Å². The van der Waals surface area contributed by atoms with Crippen molar-refractivity contribution >= 4 is 11.9 Å². The molecule has 0 saturated heterocycles. The number of ether oxygens (including phenoxy) is 3. The molecule has 0 aromatic heterocycles. The molecule has 110 valence electrons. The van der Waals surface area contributed by atoms with Gasteiger partial charge in [-0.1, -0.05) is 0 Å². The van der Waals surface area contributed by atoms with Crippen molar-refractivity contribution in [3.05, 3.63) is 0 Å². The van der Waals surface area contributed by atoms with Gasteiger partial charge in [0.2, 0.25) is 0 Å². The van der Waals surface area contributed by atoms with Crippen molar-refractivity contribution in [2.75, 3.05) is 27.4 Å². The van der Waals surface area contributed by atoms with Gasteiger partial charge in [-0.2, -0.15) is 0 Å². The van der Waals surface area contributed by atoms with Crippen LogP contribution >= 0.6 is 0 Å². The lowest BCUT2D eigenvalue weighted by atomic mass is 9.82. The monoisotopic (exact) mass is 272 g/mol. The van der Waals surface area contributed by atoms with Gasteiger partial charge in [-0.15, -0.1) is 0 Å². The zero-order valence-electron chi connectivity index (χ0n) is 11.9. The maximum atomic E-state index is 11.8. The van der Waals surface area contributed by atoms with Crippen molar-refractivity contribution in [3.63, 3.8) is 0 Å². The Balaban J connectivity index is 2.12. The Morgan fingerprint density at radius 3 is 2.37 bits per heavy atom. The molecule has 5 nitrogen and oxygen atoms in total. The summed E-state index contributed by atoms with van der Waals surface area (Å²) in [7, 11) is 3.06. The Morgan fingerprint density at radius 2 is 1.79 bits per heavy atom. The summed E-state index contributed by atoms with van der Waals surface area (Å²) in [5.74, 6) is 0.205. The van der Waals surface area contributed by atoms with Crippen LogP contribution in [0.1, 0.15) is 38.5 Å². The predicted molar refractivity (Wildman–Crippen MR) is 69.5 cm³/mol. The van der Waals surface area contributed by atoms with Crippen molar-refractivity contribution in [2.24, 2.45) is 11.8 Å². The topological polar surface area (TPSA) is 61.8 Å². The Bertz CT molecular complexity index is 282. The minimum absolute atomic E-state index is 0.0197.